The Morgan fingerprint density at radius 1 is 1.69 bits per heavy atom. The second-order valence-corrected chi connectivity index (χ2v) is 4.27. The summed E-state index contributed by atoms with van der Waals surface area (Å²) in [6, 6.07) is 0.368. The summed E-state index contributed by atoms with van der Waals surface area (Å²) < 4.78 is 1.53. The first-order valence-corrected chi connectivity index (χ1v) is 5.73. The van der Waals surface area contributed by atoms with Crippen molar-refractivity contribution in [1.29, 1.82) is 0 Å². The predicted molar refractivity (Wildman–Crippen MR) is 62.0 cm³/mol. The first-order valence-electron chi connectivity index (χ1n) is 5.73. The van der Waals surface area contributed by atoms with E-state index in [-0.39, 0.29) is 5.91 Å². The van der Waals surface area contributed by atoms with Gasteiger partial charge in [-0.3, -0.25) is 9.48 Å². The first-order chi connectivity index (χ1) is 7.65. The average molecular weight is 222 g/mol. The van der Waals surface area contributed by atoms with Crippen LogP contribution in [0.2, 0.25) is 0 Å². The summed E-state index contributed by atoms with van der Waals surface area (Å²) in [7, 11) is 1.74. The second kappa shape index (κ2) is 4.15. The van der Waals surface area contributed by atoms with E-state index in [0.29, 0.717) is 17.4 Å². The Kier molecular flexibility index (Phi) is 2.85. The maximum Gasteiger partial charge on any atom is 0.259 e. The highest BCUT2D eigenvalue weighted by Gasteiger charge is 2.29. The van der Waals surface area contributed by atoms with E-state index in [2.05, 4.69) is 12.0 Å². The second-order valence-electron chi connectivity index (χ2n) is 4.27. The van der Waals surface area contributed by atoms with Crippen LogP contribution >= 0.6 is 0 Å². The van der Waals surface area contributed by atoms with Crippen LogP contribution in [0.5, 0.6) is 0 Å². The van der Waals surface area contributed by atoms with E-state index in [4.69, 9.17) is 5.73 Å². The molecule has 1 aliphatic heterocycles. The van der Waals surface area contributed by atoms with E-state index in [0.717, 1.165) is 25.8 Å². The molecule has 1 unspecified atom stereocenters. The van der Waals surface area contributed by atoms with E-state index in [1.165, 1.54) is 4.68 Å². The number of hydrogen-bond acceptors (Lipinski definition) is 3. The van der Waals surface area contributed by atoms with Gasteiger partial charge >= 0.3 is 0 Å². The molecule has 5 heteroatoms. The highest BCUT2D eigenvalue weighted by Crippen LogP contribution is 2.23. The van der Waals surface area contributed by atoms with E-state index >= 15 is 0 Å². The number of nitrogens with zero attached hydrogens (tertiary/aromatic N) is 3. The topological polar surface area (TPSA) is 64.2 Å². The molecule has 0 aromatic carbocycles. The minimum absolute atomic E-state index is 0.0231. The van der Waals surface area contributed by atoms with Gasteiger partial charge in [-0.25, -0.2) is 0 Å². The molecular weight excluding hydrogens is 204 g/mol. The van der Waals surface area contributed by atoms with Gasteiger partial charge in [0.05, 0.1) is 6.20 Å². The Balaban J connectivity index is 2.22. The molecule has 0 bridgehead atoms. The molecule has 1 aliphatic rings. The molecule has 2 N–H and O–H groups in total. The third kappa shape index (κ3) is 1.66. The zero-order valence-electron chi connectivity index (χ0n) is 9.81. The van der Waals surface area contributed by atoms with Crippen LogP contribution in [0.15, 0.2) is 6.20 Å². The van der Waals surface area contributed by atoms with Gasteiger partial charge in [0.1, 0.15) is 11.4 Å². The van der Waals surface area contributed by atoms with Crippen LogP contribution in [0.25, 0.3) is 0 Å². The van der Waals surface area contributed by atoms with Gasteiger partial charge in [-0.05, 0) is 19.3 Å². The van der Waals surface area contributed by atoms with Crippen LogP contribution in [0, 0.1) is 0 Å². The SMILES string of the molecule is CCC1CCCN1C(=O)c1cnn(C)c1N. The Morgan fingerprint density at radius 2 is 2.44 bits per heavy atom. The summed E-state index contributed by atoms with van der Waals surface area (Å²) in [5.41, 5.74) is 6.34. The van der Waals surface area contributed by atoms with Crippen molar-refractivity contribution in [3.63, 3.8) is 0 Å². The maximum atomic E-state index is 12.2. The first kappa shape index (κ1) is 11.0. The molecule has 2 rings (SSSR count). The van der Waals surface area contributed by atoms with Crippen LogP contribution < -0.4 is 5.73 Å². The zero-order chi connectivity index (χ0) is 11.7. The summed E-state index contributed by atoms with van der Waals surface area (Å²) >= 11 is 0. The summed E-state index contributed by atoms with van der Waals surface area (Å²) in [4.78, 5) is 14.2. The van der Waals surface area contributed by atoms with Crippen molar-refractivity contribution in [1.82, 2.24) is 14.7 Å². The Morgan fingerprint density at radius 3 is 3.00 bits per heavy atom. The van der Waals surface area contributed by atoms with Crippen molar-refractivity contribution >= 4 is 11.7 Å². The van der Waals surface area contributed by atoms with Gasteiger partial charge in [-0.2, -0.15) is 5.10 Å². The van der Waals surface area contributed by atoms with Crippen LogP contribution in [-0.4, -0.2) is 33.2 Å². The number of aromatic nitrogens is 2. The normalized spacial score (nSPS) is 20.4. The minimum Gasteiger partial charge on any atom is -0.383 e. The Hall–Kier alpha value is -1.52. The van der Waals surface area contributed by atoms with Crippen molar-refractivity contribution in [3.05, 3.63) is 11.8 Å². The van der Waals surface area contributed by atoms with Crippen molar-refractivity contribution in [3.8, 4) is 0 Å². The summed E-state index contributed by atoms with van der Waals surface area (Å²) in [6.07, 6.45) is 4.75. The van der Waals surface area contributed by atoms with Crippen LogP contribution in [-0.2, 0) is 7.05 Å². The van der Waals surface area contributed by atoms with Gasteiger partial charge in [0.2, 0.25) is 0 Å². The predicted octanol–water partition coefficient (Wildman–Crippen LogP) is 1.02. The molecule has 88 valence electrons. The molecule has 0 spiro atoms. The largest absolute Gasteiger partial charge is 0.383 e. The van der Waals surface area contributed by atoms with Crippen molar-refractivity contribution in [2.75, 3.05) is 12.3 Å². The number of anilines is 1. The van der Waals surface area contributed by atoms with Crippen LogP contribution in [0.1, 0.15) is 36.5 Å². The molecule has 0 saturated carbocycles. The average Bonchev–Trinajstić information content (AvgIpc) is 2.86. The van der Waals surface area contributed by atoms with Crippen molar-refractivity contribution in [2.24, 2.45) is 7.05 Å². The smallest absolute Gasteiger partial charge is 0.259 e. The number of carbonyl (C=O) groups excluding carboxylic acids is 1. The van der Waals surface area contributed by atoms with Crippen molar-refractivity contribution < 1.29 is 4.79 Å². The Bertz CT molecular complexity index is 399. The molecule has 1 aromatic heterocycles. The van der Waals surface area contributed by atoms with Gasteiger partial charge < -0.3 is 10.6 Å². The molecule has 0 aliphatic carbocycles. The lowest BCUT2D eigenvalue weighted by atomic mass is 10.1. The lowest BCUT2D eigenvalue weighted by Gasteiger charge is -2.23. The lowest BCUT2D eigenvalue weighted by molar-refractivity contribution is 0.0734. The van der Waals surface area contributed by atoms with Gasteiger partial charge in [-0.1, -0.05) is 6.92 Å². The quantitative estimate of drug-likeness (QED) is 0.812. The number of hydrogen-bond donors (Lipinski definition) is 1. The Labute approximate surface area is 95.2 Å². The van der Waals surface area contributed by atoms with E-state index in [1.807, 2.05) is 4.90 Å². The van der Waals surface area contributed by atoms with E-state index in [9.17, 15) is 4.79 Å². The van der Waals surface area contributed by atoms with Crippen LogP contribution in [0.4, 0.5) is 5.82 Å². The zero-order valence-corrected chi connectivity index (χ0v) is 9.81. The maximum absolute atomic E-state index is 12.2. The number of carbonyl (C=O) groups is 1. The van der Waals surface area contributed by atoms with E-state index < -0.39 is 0 Å². The monoisotopic (exact) mass is 222 g/mol. The fraction of sp³-hybridized carbons (Fsp3) is 0.636. The van der Waals surface area contributed by atoms with Gasteiger partial charge in [-0.15, -0.1) is 0 Å². The minimum atomic E-state index is 0.0231. The summed E-state index contributed by atoms with van der Waals surface area (Å²) in [6.45, 7) is 2.95. The molecule has 16 heavy (non-hydrogen) atoms. The summed E-state index contributed by atoms with van der Waals surface area (Å²) in [5, 5.41) is 4.00. The fourth-order valence-corrected chi connectivity index (χ4v) is 2.29. The molecule has 1 saturated heterocycles. The number of nitrogens with two attached hydrogens (primary N) is 1. The lowest BCUT2D eigenvalue weighted by Crippen LogP contribution is -2.35. The molecular formula is C11H18N4O. The fourth-order valence-electron chi connectivity index (χ4n) is 2.29. The highest BCUT2D eigenvalue weighted by atomic mass is 16.2. The third-order valence-corrected chi connectivity index (χ3v) is 3.32. The van der Waals surface area contributed by atoms with Gasteiger partial charge in [0, 0.05) is 19.6 Å². The third-order valence-electron chi connectivity index (χ3n) is 3.32. The number of likely N-dealkylation sites (tertiary alicyclic amines) is 1. The molecule has 1 atom stereocenters. The number of aryl methyl sites for hydroxylation is 1. The molecule has 1 fully saturated rings. The van der Waals surface area contributed by atoms with Gasteiger partial charge in [0.25, 0.3) is 5.91 Å². The number of nitrogen functional groups attached to an aromatic ring is 1. The molecule has 5 nitrogen and oxygen atoms in total. The molecule has 0 radical (unpaired) electrons. The number of rotatable bonds is 2. The molecule has 2 heterocycles. The van der Waals surface area contributed by atoms with Crippen molar-refractivity contribution in [2.45, 2.75) is 32.2 Å². The van der Waals surface area contributed by atoms with Crippen LogP contribution in [0.3, 0.4) is 0 Å². The molecule has 1 amide bonds. The van der Waals surface area contributed by atoms with E-state index in [1.54, 1.807) is 13.2 Å². The standard InChI is InChI=1S/C11H18N4O/c1-3-8-5-4-6-15(8)11(16)9-7-13-14(2)10(9)12/h7-8H,3-6,12H2,1-2H3. The summed E-state index contributed by atoms with van der Waals surface area (Å²) in [5.74, 6) is 0.474. The number of amides is 1. The van der Waals surface area contributed by atoms with Gasteiger partial charge in [0.15, 0.2) is 0 Å². The molecule has 1 aromatic rings. The highest BCUT2D eigenvalue weighted by molar-refractivity contribution is 5.98.